The van der Waals surface area contributed by atoms with E-state index in [4.69, 9.17) is 12.6 Å². The van der Waals surface area contributed by atoms with Crippen molar-refractivity contribution in [2.24, 2.45) is 17.3 Å². The van der Waals surface area contributed by atoms with Gasteiger partial charge in [-0.1, -0.05) is 37.1 Å². The first-order valence-corrected chi connectivity index (χ1v) is 9.77. The fourth-order valence-electron chi connectivity index (χ4n) is 5.52. The zero-order valence-electron chi connectivity index (χ0n) is 14.2. The highest BCUT2D eigenvalue weighted by Gasteiger charge is 2.50. The Bertz CT molecular complexity index is 464. The van der Waals surface area contributed by atoms with Gasteiger partial charge in [0.2, 0.25) is 0 Å². The van der Waals surface area contributed by atoms with Gasteiger partial charge in [0.25, 0.3) is 0 Å². The third kappa shape index (κ3) is 3.19. The molecule has 3 aliphatic rings. The smallest absolute Gasteiger partial charge is 0.0577 e. The molecule has 0 aromatic rings. The third-order valence-corrected chi connectivity index (χ3v) is 7.05. The number of aliphatic hydroxyl groups excluding tert-OH is 1. The van der Waals surface area contributed by atoms with Gasteiger partial charge in [0, 0.05) is 5.25 Å². The molecule has 0 spiro atoms. The molecule has 0 aromatic heterocycles. The number of rotatable bonds is 2. The summed E-state index contributed by atoms with van der Waals surface area (Å²) in [4.78, 5) is 0. The van der Waals surface area contributed by atoms with Crippen molar-refractivity contribution in [1.82, 2.24) is 0 Å². The Morgan fingerprint density at radius 3 is 2.73 bits per heavy atom. The van der Waals surface area contributed by atoms with Gasteiger partial charge in [-0.3, -0.25) is 0 Å². The summed E-state index contributed by atoms with van der Waals surface area (Å²) in [6.07, 6.45) is 15.6. The van der Waals surface area contributed by atoms with Crippen LogP contribution in [0.3, 0.4) is 0 Å². The highest BCUT2D eigenvalue weighted by atomic mass is 32.1. The molecule has 3 aliphatic carbocycles. The van der Waals surface area contributed by atoms with Gasteiger partial charge in [-0.15, -0.1) is 0 Å². The van der Waals surface area contributed by atoms with Gasteiger partial charge in [-0.25, -0.2) is 0 Å². The van der Waals surface area contributed by atoms with Crippen LogP contribution in [0.5, 0.6) is 0 Å². The summed E-state index contributed by atoms with van der Waals surface area (Å²) in [5.41, 5.74) is 3.60. The lowest BCUT2D eigenvalue weighted by molar-refractivity contribution is 0.136. The maximum absolute atomic E-state index is 9.83. The van der Waals surface area contributed by atoms with Crippen LogP contribution in [-0.4, -0.2) is 16.5 Å². The van der Waals surface area contributed by atoms with Gasteiger partial charge in [0.15, 0.2) is 0 Å². The summed E-state index contributed by atoms with van der Waals surface area (Å²) in [5.74, 6) is 1.54. The van der Waals surface area contributed by atoms with Crippen molar-refractivity contribution in [3.63, 3.8) is 0 Å². The molecular weight excluding hydrogens is 288 g/mol. The van der Waals surface area contributed by atoms with Crippen LogP contribution in [0.4, 0.5) is 0 Å². The van der Waals surface area contributed by atoms with Crippen LogP contribution < -0.4 is 0 Å². The van der Waals surface area contributed by atoms with Gasteiger partial charge >= 0.3 is 0 Å². The minimum Gasteiger partial charge on any atom is -0.393 e. The molecule has 3 rings (SSSR count). The summed E-state index contributed by atoms with van der Waals surface area (Å²) < 4.78 is 0. The van der Waals surface area contributed by atoms with Crippen LogP contribution in [0.15, 0.2) is 23.3 Å². The van der Waals surface area contributed by atoms with Crippen LogP contribution in [-0.2, 0) is 0 Å². The number of hydrogen-bond acceptors (Lipinski definition) is 2. The average molecular weight is 321 g/mol. The van der Waals surface area contributed by atoms with Gasteiger partial charge in [-0.05, 0) is 75.0 Å². The molecule has 5 unspecified atom stereocenters. The zero-order chi connectivity index (χ0) is 15.7. The molecule has 0 aliphatic heterocycles. The van der Waals surface area contributed by atoms with Gasteiger partial charge in [0.1, 0.15) is 0 Å². The SMILES string of the molecule is CC(S)C1CCC2/C(=C/C=C3/CCCC(O)C3)CCCC21C. The Hall–Kier alpha value is -0.210. The molecule has 0 amide bonds. The highest BCUT2D eigenvalue weighted by Crippen LogP contribution is 2.58. The van der Waals surface area contributed by atoms with Crippen molar-refractivity contribution >= 4 is 12.6 Å². The van der Waals surface area contributed by atoms with Crippen LogP contribution in [0, 0.1) is 17.3 Å². The number of allylic oxidation sites excluding steroid dienone is 3. The second-order valence-electron chi connectivity index (χ2n) is 8.15. The van der Waals surface area contributed by atoms with Gasteiger partial charge < -0.3 is 5.11 Å². The van der Waals surface area contributed by atoms with E-state index in [1.54, 1.807) is 5.57 Å². The molecular formula is C20H32OS. The lowest BCUT2D eigenvalue weighted by atomic mass is 9.63. The second kappa shape index (κ2) is 6.73. The molecule has 0 bridgehead atoms. The maximum atomic E-state index is 9.83. The predicted octanol–water partition coefficient (Wildman–Crippen LogP) is 5.31. The summed E-state index contributed by atoms with van der Waals surface area (Å²) >= 11 is 4.78. The summed E-state index contributed by atoms with van der Waals surface area (Å²) in [6.45, 7) is 4.80. The van der Waals surface area contributed by atoms with E-state index in [9.17, 15) is 5.11 Å². The van der Waals surface area contributed by atoms with Crippen LogP contribution in [0.25, 0.3) is 0 Å². The first-order chi connectivity index (χ1) is 10.5. The van der Waals surface area contributed by atoms with E-state index in [0.29, 0.717) is 10.7 Å². The molecule has 0 aromatic carbocycles. The lowest BCUT2D eigenvalue weighted by Gasteiger charge is -2.43. The Kier molecular flexibility index (Phi) is 5.09. The minimum atomic E-state index is -0.101. The first kappa shape index (κ1) is 16.6. The Labute approximate surface area is 141 Å². The molecule has 0 radical (unpaired) electrons. The second-order valence-corrected chi connectivity index (χ2v) is 8.97. The first-order valence-electron chi connectivity index (χ1n) is 9.25. The lowest BCUT2D eigenvalue weighted by Crippen LogP contribution is -2.36. The quantitative estimate of drug-likeness (QED) is 0.661. The highest BCUT2D eigenvalue weighted by molar-refractivity contribution is 7.80. The van der Waals surface area contributed by atoms with Crippen molar-refractivity contribution < 1.29 is 5.11 Å². The summed E-state index contributed by atoms with van der Waals surface area (Å²) in [5, 5.41) is 10.3. The topological polar surface area (TPSA) is 20.2 Å². The van der Waals surface area contributed by atoms with Crippen molar-refractivity contribution in [3.05, 3.63) is 23.3 Å². The molecule has 22 heavy (non-hydrogen) atoms. The van der Waals surface area contributed by atoms with Crippen LogP contribution in [0.2, 0.25) is 0 Å². The van der Waals surface area contributed by atoms with E-state index in [1.807, 2.05) is 0 Å². The Morgan fingerprint density at radius 2 is 2.00 bits per heavy atom. The number of thiol groups is 1. The fraction of sp³-hybridized carbons (Fsp3) is 0.800. The van der Waals surface area contributed by atoms with Crippen molar-refractivity contribution in [1.29, 1.82) is 0 Å². The Balaban J connectivity index is 1.77. The predicted molar refractivity (Wildman–Crippen MR) is 97.3 cm³/mol. The van der Waals surface area contributed by atoms with E-state index in [2.05, 4.69) is 26.0 Å². The van der Waals surface area contributed by atoms with Gasteiger partial charge in [0.05, 0.1) is 6.10 Å². The Morgan fingerprint density at radius 1 is 1.18 bits per heavy atom. The monoisotopic (exact) mass is 320 g/mol. The molecule has 1 nitrogen and oxygen atoms in total. The summed E-state index contributed by atoms with van der Waals surface area (Å²) in [7, 11) is 0. The van der Waals surface area contributed by atoms with E-state index in [0.717, 1.165) is 31.1 Å². The standard InChI is InChI=1S/C20H32OS/c1-14(22)18-10-11-19-16(6-4-12-20(18,19)2)9-8-15-5-3-7-17(21)13-15/h8-9,14,17-19,21-22H,3-7,10-13H2,1-2H3/b15-8-,16-9+. The fourth-order valence-corrected chi connectivity index (χ4v) is 6.01. The van der Waals surface area contributed by atoms with Crippen molar-refractivity contribution in [2.45, 2.75) is 83.0 Å². The normalized spacial score (nSPS) is 44.3. The minimum absolute atomic E-state index is 0.101. The van der Waals surface area contributed by atoms with Crippen LogP contribution >= 0.6 is 12.6 Å². The molecule has 124 valence electrons. The average Bonchev–Trinajstić information content (AvgIpc) is 2.83. The molecule has 3 fully saturated rings. The maximum Gasteiger partial charge on any atom is 0.0577 e. The zero-order valence-corrected chi connectivity index (χ0v) is 15.1. The number of hydrogen-bond donors (Lipinski definition) is 2. The molecule has 1 N–H and O–H groups in total. The van der Waals surface area contributed by atoms with Crippen molar-refractivity contribution in [2.75, 3.05) is 0 Å². The summed E-state index contributed by atoms with van der Waals surface area (Å²) in [6, 6.07) is 0. The van der Waals surface area contributed by atoms with E-state index >= 15 is 0 Å². The van der Waals surface area contributed by atoms with E-state index < -0.39 is 0 Å². The van der Waals surface area contributed by atoms with Crippen molar-refractivity contribution in [3.8, 4) is 0 Å². The van der Waals surface area contributed by atoms with Gasteiger partial charge in [-0.2, -0.15) is 12.6 Å². The molecule has 3 saturated carbocycles. The van der Waals surface area contributed by atoms with E-state index in [1.165, 1.54) is 44.1 Å². The van der Waals surface area contributed by atoms with Crippen LogP contribution in [0.1, 0.15) is 71.6 Å². The van der Waals surface area contributed by atoms with E-state index in [-0.39, 0.29) is 6.10 Å². The molecule has 2 heteroatoms. The number of aliphatic hydroxyl groups is 1. The molecule has 0 saturated heterocycles. The molecule has 5 atom stereocenters. The number of fused-ring (bicyclic) bond motifs is 1. The largest absolute Gasteiger partial charge is 0.393 e. The third-order valence-electron chi connectivity index (χ3n) is 6.69. The molecule has 0 heterocycles.